The molecule has 1 aromatic carbocycles. The summed E-state index contributed by atoms with van der Waals surface area (Å²) in [5, 5.41) is 14.7. The second-order valence-electron chi connectivity index (χ2n) is 11.3. The van der Waals surface area contributed by atoms with Crippen LogP contribution in [0.5, 0.6) is 0 Å². The number of carbonyl (C=O) groups excluding carboxylic acids is 1. The van der Waals surface area contributed by atoms with Gasteiger partial charge in [-0.05, 0) is 80.7 Å². The minimum atomic E-state index is -0.893. The summed E-state index contributed by atoms with van der Waals surface area (Å²) < 4.78 is 5.23. The monoisotopic (exact) mass is 505 g/mol. The van der Waals surface area contributed by atoms with Gasteiger partial charge >= 0.3 is 5.91 Å². The summed E-state index contributed by atoms with van der Waals surface area (Å²) in [4.78, 5) is 25.3. The number of ether oxygens (including phenoxy) is 1. The van der Waals surface area contributed by atoms with E-state index in [9.17, 15) is 9.90 Å². The topological polar surface area (TPSA) is 94.8 Å². The van der Waals surface area contributed by atoms with Crippen molar-refractivity contribution in [2.24, 2.45) is 5.41 Å². The molecule has 1 saturated carbocycles. The van der Waals surface area contributed by atoms with Gasteiger partial charge in [0.15, 0.2) is 0 Å². The van der Waals surface area contributed by atoms with Gasteiger partial charge in [-0.2, -0.15) is 0 Å². The predicted molar refractivity (Wildman–Crippen MR) is 146 cm³/mol. The summed E-state index contributed by atoms with van der Waals surface area (Å²) in [5.74, 6) is -0.0584. The van der Waals surface area contributed by atoms with E-state index < -0.39 is 5.60 Å². The Morgan fingerprint density at radius 2 is 2.08 bits per heavy atom. The zero-order chi connectivity index (χ0) is 26.6. The fourth-order valence-corrected chi connectivity index (χ4v) is 5.42. The molecule has 8 nitrogen and oxygen atoms in total. The molecular weight excluding hydrogens is 466 g/mol. The number of benzene rings is 1. The van der Waals surface area contributed by atoms with E-state index in [1.54, 1.807) is 7.11 Å². The molecule has 0 spiro atoms. The molecule has 8 heteroatoms. The van der Waals surface area contributed by atoms with Crippen molar-refractivity contribution in [1.29, 1.82) is 0 Å². The maximum Gasteiger partial charge on any atom is 0.314 e. The standard InChI is InChI=1S/C29H39N5O3/c1-28(2)12-8-20(9-13-28)23-18-21(29(36)14-10-22(11-15-29)34(4)16-17-37-5)6-7-24(23)32-27(35)26-31-19-25(30-3)33-26/h6-8,18-19,22,36H,9-17H2,1-2,4-5H3,(H,31,33)(H,32,35). The first-order valence-corrected chi connectivity index (χ1v) is 13.1. The Morgan fingerprint density at radius 3 is 2.70 bits per heavy atom. The molecule has 1 aromatic heterocycles. The third-order valence-electron chi connectivity index (χ3n) is 8.07. The van der Waals surface area contributed by atoms with E-state index in [4.69, 9.17) is 11.3 Å². The van der Waals surface area contributed by atoms with Gasteiger partial charge in [-0.1, -0.05) is 32.6 Å². The lowest BCUT2D eigenvalue weighted by Gasteiger charge is -2.40. The summed E-state index contributed by atoms with van der Waals surface area (Å²) in [6, 6.07) is 6.34. The number of aromatic amines is 1. The van der Waals surface area contributed by atoms with Crippen molar-refractivity contribution in [3.05, 3.63) is 58.8 Å². The quantitative estimate of drug-likeness (QED) is 0.411. The normalized spacial score (nSPS) is 23.4. The molecule has 2 aliphatic rings. The van der Waals surface area contributed by atoms with E-state index in [2.05, 4.69) is 58.1 Å². The number of hydrogen-bond acceptors (Lipinski definition) is 5. The average Bonchev–Trinajstić information content (AvgIpc) is 3.38. The third-order valence-corrected chi connectivity index (χ3v) is 8.07. The number of likely N-dealkylation sites (N-methyl/N-ethyl adjacent to an activating group) is 1. The highest BCUT2D eigenvalue weighted by atomic mass is 16.5. The van der Waals surface area contributed by atoms with Crippen LogP contribution in [-0.2, 0) is 10.3 Å². The highest BCUT2D eigenvalue weighted by Gasteiger charge is 2.36. The number of imidazole rings is 1. The van der Waals surface area contributed by atoms with Crippen LogP contribution in [0.15, 0.2) is 30.5 Å². The van der Waals surface area contributed by atoms with Gasteiger partial charge in [-0.3, -0.25) is 9.78 Å². The summed E-state index contributed by atoms with van der Waals surface area (Å²) in [7, 11) is 3.85. The number of H-pyrrole nitrogens is 1. The van der Waals surface area contributed by atoms with E-state index >= 15 is 0 Å². The van der Waals surface area contributed by atoms with Crippen molar-refractivity contribution in [1.82, 2.24) is 14.9 Å². The van der Waals surface area contributed by atoms with Crippen molar-refractivity contribution in [2.75, 3.05) is 32.6 Å². The lowest BCUT2D eigenvalue weighted by molar-refractivity contribution is -0.0238. The van der Waals surface area contributed by atoms with Gasteiger partial charge in [0.2, 0.25) is 5.82 Å². The molecule has 37 heavy (non-hydrogen) atoms. The number of allylic oxidation sites excluding steroid dienone is 2. The van der Waals surface area contributed by atoms with Crippen LogP contribution in [0.25, 0.3) is 10.4 Å². The zero-order valence-corrected chi connectivity index (χ0v) is 22.4. The van der Waals surface area contributed by atoms with Gasteiger partial charge in [0.05, 0.1) is 18.4 Å². The average molecular weight is 506 g/mol. The van der Waals surface area contributed by atoms with Gasteiger partial charge < -0.3 is 24.9 Å². The maximum absolute atomic E-state index is 12.9. The third kappa shape index (κ3) is 6.30. The molecule has 0 aliphatic heterocycles. The summed E-state index contributed by atoms with van der Waals surface area (Å²) >= 11 is 0. The number of nitrogens with zero attached hydrogens (tertiary/aromatic N) is 3. The highest BCUT2D eigenvalue weighted by Crippen LogP contribution is 2.43. The molecule has 1 amide bonds. The summed E-state index contributed by atoms with van der Waals surface area (Å²) in [6.45, 7) is 13.2. The van der Waals surface area contributed by atoms with Crippen molar-refractivity contribution in [3.63, 3.8) is 0 Å². The van der Waals surface area contributed by atoms with Gasteiger partial charge in [0.1, 0.15) is 0 Å². The van der Waals surface area contributed by atoms with Gasteiger partial charge in [-0.25, -0.2) is 4.98 Å². The Balaban J connectivity index is 1.59. The smallest absolute Gasteiger partial charge is 0.314 e. The largest absolute Gasteiger partial charge is 0.385 e. The van der Waals surface area contributed by atoms with Crippen LogP contribution in [0, 0.1) is 12.0 Å². The molecule has 3 N–H and O–H groups in total. The van der Waals surface area contributed by atoms with Gasteiger partial charge in [0, 0.05) is 30.9 Å². The fourth-order valence-electron chi connectivity index (χ4n) is 5.42. The fraction of sp³-hybridized carbons (Fsp3) is 0.552. The molecule has 2 aromatic rings. The number of rotatable bonds is 8. The van der Waals surface area contributed by atoms with Gasteiger partial charge in [-0.15, -0.1) is 0 Å². The van der Waals surface area contributed by atoms with Crippen LogP contribution in [-0.4, -0.2) is 59.2 Å². The molecule has 0 saturated heterocycles. The van der Waals surface area contributed by atoms with Gasteiger partial charge in [0.25, 0.3) is 5.82 Å². The Morgan fingerprint density at radius 1 is 1.32 bits per heavy atom. The molecule has 0 bridgehead atoms. The number of amides is 1. The van der Waals surface area contributed by atoms with Crippen LogP contribution < -0.4 is 5.32 Å². The maximum atomic E-state index is 12.9. The van der Waals surface area contributed by atoms with E-state index in [0.29, 0.717) is 31.2 Å². The number of aromatic nitrogens is 2. The molecule has 0 atom stereocenters. The lowest BCUT2D eigenvalue weighted by Crippen LogP contribution is -2.41. The molecule has 4 rings (SSSR count). The molecule has 0 unspecified atom stereocenters. The van der Waals surface area contributed by atoms with Crippen molar-refractivity contribution < 1.29 is 14.6 Å². The van der Waals surface area contributed by atoms with Crippen LogP contribution in [0.2, 0.25) is 0 Å². The number of anilines is 1. The zero-order valence-electron chi connectivity index (χ0n) is 22.4. The van der Waals surface area contributed by atoms with Crippen LogP contribution in [0.1, 0.15) is 80.5 Å². The van der Waals surface area contributed by atoms with Crippen molar-refractivity contribution in [3.8, 4) is 0 Å². The molecule has 1 heterocycles. The van der Waals surface area contributed by atoms with Crippen molar-refractivity contribution in [2.45, 2.75) is 70.4 Å². The first-order valence-electron chi connectivity index (χ1n) is 13.1. The minimum absolute atomic E-state index is 0.106. The second-order valence-corrected chi connectivity index (χ2v) is 11.3. The van der Waals surface area contributed by atoms with Crippen LogP contribution in [0.4, 0.5) is 11.5 Å². The Hall–Kier alpha value is -2.99. The highest BCUT2D eigenvalue weighted by molar-refractivity contribution is 6.03. The molecule has 198 valence electrons. The number of hydrogen-bond donors (Lipinski definition) is 3. The van der Waals surface area contributed by atoms with Crippen molar-refractivity contribution >= 4 is 23.0 Å². The molecular formula is C29H39N5O3. The van der Waals surface area contributed by atoms with E-state index in [1.165, 1.54) is 11.8 Å². The van der Waals surface area contributed by atoms with Crippen LogP contribution >= 0.6 is 0 Å². The Bertz CT molecular complexity index is 1180. The minimum Gasteiger partial charge on any atom is -0.385 e. The van der Waals surface area contributed by atoms with E-state index in [0.717, 1.165) is 49.8 Å². The number of nitrogens with one attached hydrogen (secondary N) is 2. The van der Waals surface area contributed by atoms with Crippen LogP contribution in [0.3, 0.4) is 0 Å². The lowest BCUT2D eigenvalue weighted by atomic mass is 9.74. The number of carbonyl (C=O) groups is 1. The molecule has 0 radical (unpaired) electrons. The number of methoxy groups -OCH3 is 1. The first-order chi connectivity index (χ1) is 17.6. The Labute approximate surface area is 219 Å². The molecule has 2 aliphatic carbocycles. The summed E-state index contributed by atoms with van der Waals surface area (Å²) in [5.41, 5.74) is 3.09. The first kappa shape index (κ1) is 27.1. The summed E-state index contributed by atoms with van der Waals surface area (Å²) in [6.07, 6.45) is 9.79. The number of aliphatic hydroxyl groups is 1. The van der Waals surface area contributed by atoms with E-state index in [-0.39, 0.29) is 23.0 Å². The van der Waals surface area contributed by atoms with E-state index in [1.807, 2.05) is 12.1 Å². The second kappa shape index (κ2) is 11.2. The predicted octanol–water partition coefficient (Wildman–Crippen LogP) is 5.51. The SMILES string of the molecule is [C-]#[N+]c1cnc(C(=O)Nc2ccc(C3(O)CCC(N(C)CCOC)CC3)cc2C2=CCC(C)(C)CC2)[nH]1. The Kier molecular flexibility index (Phi) is 8.17. The molecule has 1 fully saturated rings.